The van der Waals surface area contributed by atoms with Gasteiger partial charge in [-0.1, -0.05) is 33.4 Å². The second-order valence-electron chi connectivity index (χ2n) is 12.3. The van der Waals surface area contributed by atoms with Gasteiger partial charge < -0.3 is 10.2 Å². The molecule has 4 aliphatic carbocycles. The standard InChI is InChI=1S/C29H44O4/c1-6-28(33,18(2)3)15-11-19(4)23-9-10-25-22-8-7-20-17-21(30)12-14-27(20,5)24(22)13-16-29(23,25)26(31)32/h12,14,19-20,22-25,33H,2,6-11,13,15-17H2,1,3-5H3,(H,31,32). The molecule has 9 unspecified atom stereocenters. The number of fused-ring (bicyclic) bond motifs is 5. The van der Waals surface area contributed by atoms with Crippen molar-refractivity contribution in [2.24, 2.45) is 46.3 Å². The third kappa shape index (κ3) is 3.75. The first kappa shape index (κ1) is 24.7. The first-order valence-corrected chi connectivity index (χ1v) is 13.3. The number of aliphatic hydroxyl groups is 1. The quantitative estimate of drug-likeness (QED) is 0.448. The summed E-state index contributed by atoms with van der Waals surface area (Å²) in [7, 11) is 0. The summed E-state index contributed by atoms with van der Waals surface area (Å²) in [4.78, 5) is 25.1. The van der Waals surface area contributed by atoms with Crippen LogP contribution in [0.25, 0.3) is 0 Å². The molecule has 0 bridgehead atoms. The Bertz CT molecular complexity index is 845. The predicted octanol–water partition coefficient (Wildman–Crippen LogP) is 6.19. The van der Waals surface area contributed by atoms with Crippen molar-refractivity contribution in [2.75, 3.05) is 0 Å². The maximum absolute atomic E-state index is 13.0. The first-order valence-electron chi connectivity index (χ1n) is 13.3. The van der Waals surface area contributed by atoms with Gasteiger partial charge in [-0.3, -0.25) is 9.59 Å². The SMILES string of the molecule is C=C(C)C(O)(CC)CCC(C)C1CCC2C3CCC4CC(=O)C=CC4(C)C3CCC12C(=O)O. The Morgan fingerprint density at radius 1 is 1.24 bits per heavy atom. The van der Waals surface area contributed by atoms with Crippen LogP contribution in [0, 0.1) is 46.3 Å². The smallest absolute Gasteiger partial charge is 0.310 e. The molecule has 0 aromatic rings. The molecule has 4 rings (SSSR count). The zero-order valence-corrected chi connectivity index (χ0v) is 21.1. The zero-order valence-electron chi connectivity index (χ0n) is 21.1. The van der Waals surface area contributed by atoms with Crippen LogP contribution in [0.2, 0.25) is 0 Å². The number of allylic oxidation sites excluding steroid dienone is 2. The average Bonchev–Trinajstić information content (AvgIpc) is 3.19. The summed E-state index contributed by atoms with van der Waals surface area (Å²) in [5.41, 5.74) is -0.646. The van der Waals surface area contributed by atoms with E-state index in [1.807, 2.05) is 13.8 Å². The molecule has 3 saturated carbocycles. The van der Waals surface area contributed by atoms with E-state index in [1.54, 1.807) is 6.08 Å². The summed E-state index contributed by atoms with van der Waals surface area (Å²) in [5, 5.41) is 21.6. The lowest BCUT2D eigenvalue weighted by atomic mass is 9.45. The highest BCUT2D eigenvalue weighted by atomic mass is 16.4. The van der Waals surface area contributed by atoms with Crippen molar-refractivity contribution >= 4 is 11.8 Å². The lowest BCUT2D eigenvalue weighted by Gasteiger charge is -2.58. The van der Waals surface area contributed by atoms with Crippen LogP contribution in [0.4, 0.5) is 0 Å². The summed E-state index contributed by atoms with van der Waals surface area (Å²) in [6, 6.07) is 0. The van der Waals surface area contributed by atoms with E-state index < -0.39 is 17.0 Å². The number of hydrogen-bond acceptors (Lipinski definition) is 3. The van der Waals surface area contributed by atoms with E-state index >= 15 is 0 Å². The van der Waals surface area contributed by atoms with E-state index in [2.05, 4.69) is 26.5 Å². The highest BCUT2D eigenvalue weighted by Crippen LogP contribution is 2.67. The van der Waals surface area contributed by atoms with Gasteiger partial charge in [-0.25, -0.2) is 0 Å². The van der Waals surface area contributed by atoms with Crippen LogP contribution >= 0.6 is 0 Å². The average molecular weight is 457 g/mol. The van der Waals surface area contributed by atoms with Crippen molar-refractivity contribution in [3.63, 3.8) is 0 Å². The lowest BCUT2D eigenvalue weighted by Crippen LogP contribution is -2.55. The summed E-state index contributed by atoms with van der Waals surface area (Å²) < 4.78 is 0. The highest BCUT2D eigenvalue weighted by molar-refractivity contribution is 5.91. The number of carboxylic acids is 1. The Hall–Kier alpha value is -1.42. The molecule has 0 aromatic heterocycles. The molecule has 0 saturated heterocycles. The Morgan fingerprint density at radius 2 is 1.97 bits per heavy atom. The molecular formula is C29H44O4. The van der Waals surface area contributed by atoms with Gasteiger partial charge in [-0.05, 0) is 117 Å². The van der Waals surface area contributed by atoms with Gasteiger partial charge in [0.2, 0.25) is 0 Å². The second-order valence-corrected chi connectivity index (χ2v) is 12.3. The van der Waals surface area contributed by atoms with Gasteiger partial charge in [0, 0.05) is 6.42 Å². The number of carbonyl (C=O) groups excluding carboxylic acids is 1. The molecule has 3 fully saturated rings. The maximum atomic E-state index is 13.0. The minimum absolute atomic E-state index is 0.0320. The van der Waals surface area contributed by atoms with Crippen LogP contribution in [-0.2, 0) is 9.59 Å². The molecule has 9 atom stereocenters. The van der Waals surface area contributed by atoms with Gasteiger partial charge in [0.05, 0.1) is 11.0 Å². The molecule has 33 heavy (non-hydrogen) atoms. The number of aliphatic carboxylic acids is 1. The van der Waals surface area contributed by atoms with Gasteiger partial charge in [0.1, 0.15) is 0 Å². The molecule has 0 aromatic carbocycles. The highest BCUT2D eigenvalue weighted by Gasteiger charge is 2.65. The first-order chi connectivity index (χ1) is 15.5. The number of rotatable bonds is 7. The Balaban J connectivity index is 1.57. The van der Waals surface area contributed by atoms with Crippen molar-refractivity contribution in [3.05, 3.63) is 24.3 Å². The predicted molar refractivity (Wildman–Crippen MR) is 131 cm³/mol. The van der Waals surface area contributed by atoms with E-state index in [1.165, 1.54) is 0 Å². The largest absolute Gasteiger partial charge is 0.481 e. The number of hydrogen-bond donors (Lipinski definition) is 2. The van der Waals surface area contributed by atoms with Gasteiger partial charge in [-0.2, -0.15) is 0 Å². The van der Waals surface area contributed by atoms with Gasteiger partial charge in [0.25, 0.3) is 0 Å². The molecule has 0 aliphatic heterocycles. The molecule has 4 nitrogen and oxygen atoms in total. The van der Waals surface area contributed by atoms with E-state index in [9.17, 15) is 19.8 Å². The lowest BCUT2D eigenvalue weighted by molar-refractivity contribution is -0.169. The number of carbonyl (C=O) groups is 2. The van der Waals surface area contributed by atoms with Crippen molar-refractivity contribution in [1.29, 1.82) is 0 Å². The van der Waals surface area contributed by atoms with Crippen molar-refractivity contribution < 1.29 is 19.8 Å². The topological polar surface area (TPSA) is 74.6 Å². The third-order valence-electron chi connectivity index (χ3n) is 11.1. The summed E-state index contributed by atoms with van der Waals surface area (Å²) in [6.07, 6.45) is 12.6. The van der Waals surface area contributed by atoms with Gasteiger partial charge in [0.15, 0.2) is 5.78 Å². The van der Waals surface area contributed by atoms with Gasteiger partial charge in [-0.15, -0.1) is 0 Å². The molecule has 2 N–H and O–H groups in total. The van der Waals surface area contributed by atoms with Crippen molar-refractivity contribution in [2.45, 2.75) is 97.5 Å². The molecule has 4 aliphatic rings. The number of carboxylic acid groups (broad SMARTS) is 1. The molecule has 0 amide bonds. The Labute approximate surface area is 199 Å². The molecule has 0 heterocycles. The molecule has 184 valence electrons. The molecule has 4 heteroatoms. The normalized spacial score (nSPS) is 42.6. The van der Waals surface area contributed by atoms with Crippen molar-refractivity contribution in [3.8, 4) is 0 Å². The monoisotopic (exact) mass is 456 g/mol. The van der Waals surface area contributed by atoms with Crippen LogP contribution in [0.15, 0.2) is 24.3 Å². The van der Waals surface area contributed by atoms with E-state index in [4.69, 9.17) is 0 Å². The second kappa shape index (κ2) is 8.66. The maximum Gasteiger partial charge on any atom is 0.310 e. The van der Waals surface area contributed by atoms with Crippen LogP contribution < -0.4 is 0 Å². The van der Waals surface area contributed by atoms with E-state index in [-0.39, 0.29) is 29.0 Å². The fourth-order valence-electron chi connectivity index (χ4n) is 8.93. The van der Waals surface area contributed by atoms with Crippen molar-refractivity contribution in [1.82, 2.24) is 0 Å². The summed E-state index contributed by atoms with van der Waals surface area (Å²) >= 11 is 0. The fraction of sp³-hybridized carbons (Fsp3) is 0.793. The van der Waals surface area contributed by atoms with Crippen LogP contribution in [-0.4, -0.2) is 27.6 Å². The zero-order chi connectivity index (χ0) is 24.2. The Morgan fingerprint density at radius 3 is 2.61 bits per heavy atom. The van der Waals surface area contributed by atoms with Gasteiger partial charge >= 0.3 is 5.97 Å². The van der Waals surface area contributed by atoms with Crippen LogP contribution in [0.5, 0.6) is 0 Å². The summed E-state index contributed by atoms with van der Waals surface area (Å²) in [5.74, 6) is 1.67. The molecular weight excluding hydrogens is 412 g/mol. The summed E-state index contributed by atoms with van der Waals surface area (Å²) in [6.45, 7) is 12.4. The molecule has 0 radical (unpaired) electrons. The van der Waals surface area contributed by atoms with Crippen LogP contribution in [0.3, 0.4) is 0 Å². The number of ketones is 1. The minimum atomic E-state index is -0.849. The Kier molecular flexibility index (Phi) is 6.48. The third-order valence-corrected chi connectivity index (χ3v) is 11.1. The molecule has 0 spiro atoms. The van der Waals surface area contributed by atoms with Crippen LogP contribution in [0.1, 0.15) is 91.9 Å². The van der Waals surface area contributed by atoms with E-state index in [0.29, 0.717) is 37.0 Å². The minimum Gasteiger partial charge on any atom is -0.481 e. The fourth-order valence-corrected chi connectivity index (χ4v) is 8.93. The van der Waals surface area contributed by atoms with E-state index in [0.717, 1.165) is 50.5 Å².